The third-order valence-corrected chi connectivity index (χ3v) is 3.00. The molecule has 0 saturated heterocycles. The lowest BCUT2D eigenvalue weighted by Crippen LogP contribution is -1.95. The Balaban J connectivity index is 3.07. The monoisotopic (exact) mass is 246 g/mol. The van der Waals surface area contributed by atoms with Gasteiger partial charge in [-0.05, 0) is 31.6 Å². The molecule has 0 fully saturated rings. The van der Waals surface area contributed by atoms with Crippen LogP contribution in [0.5, 0.6) is 0 Å². The van der Waals surface area contributed by atoms with E-state index >= 15 is 0 Å². The summed E-state index contributed by atoms with van der Waals surface area (Å²) in [5.74, 6) is 0.918. The number of allylic oxidation sites excluding steroid dienone is 1. The van der Waals surface area contributed by atoms with Crippen molar-refractivity contribution in [2.75, 3.05) is 5.33 Å². The van der Waals surface area contributed by atoms with Crippen LogP contribution in [-0.2, 0) is 0 Å². The van der Waals surface area contributed by atoms with Crippen molar-refractivity contribution in [3.05, 3.63) is 12.7 Å². The van der Waals surface area contributed by atoms with E-state index in [0.29, 0.717) is 0 Å². The number of alkyl halides is 1. The highest BCUT2D eigenvalue weighted by Crippen LogP contribution is 2.15. The molecule has 0 aliphatic carbocycles. The maximum atomic E-state index is 3.73. The van der Waals surface area contributed by atoms with E-state index in [-0.39, 0.29) is 0 Å². The average Bonchev–Trinajstić information content (AvgIpc) is 2.14. The topological polar surface area (TPSA) is 0 Å². The van der Waals surface area contributed by atoms with Gasteiger partial charge in [0.05, 0.1) is 0 Å². The third kappa shape index (κ3) is 10.1. The average molecular weight is 247 g/mol. The largest absolute Gasteiger partial charge is 0.103 e. The lowest BCUT2D eigenvalue weighted by molar-refractivity contribution is 0.459. The molecule has 0 saturated carbocycles. The second-order valence-corrected chi connectivity index (χ2v) is 4.66. The molecular formula is C12H23Br. The van der Waals surface area contributed by atoms with Gasteiger partial charge >= 0.3 is 0 Å². The molecule has 0 radical (unpaired) electrons. The molecule has 0 N–H and O–H groups in total. The fraction of sp³-hybridized carbons (Fsp3) is 0.833. The maximum Gasteiger partial charge on any atom is 0.00314 e. The van der Waals surface area contributed by atoms with Crippen molar-refractivity contribution < 1.29 is 0 Å². The quantitative estimate of drug-likeness (QED) is 0.308. The van der Waals surface area contributed by atoms with Crippen LogP contribution in [0, 0.1) is 5.92 Å². The first kappa shape index (κ1) is 13.2. The summed E-state index contributed by atoms with van der Waals surface area (Å²) in [5.41, 5.74) is 0. The molecule has 0 bridgehead atoms. The van der Waals surface area contributed by atoms with Crippen LogP contribution >= 0.6 is 15.9 Å². The van der Waals surface area contributed by atoms with Gasteiger partial charge in [-0.25, -0.2) is 0 Å². The first-order chi connectivity index (χ1) is 6.31. The molecule has 0 aliphatic heterocycles. The van der Waals surface area contributed by atoms with E-state index in [9.17, 15) is 0 Å². The Morgan fingerprint density at radius 1 is 1.15 bits per heavy atom. The highest BCUT2D eigenvalue weighted by Gasteiger charge is 2.00. The van der Waals surface area contributed by atoms with Crippen molar-refractivity contribution in [2.45, 2.75) is 51.9 Å². The minimum Gasteiger partial charge on any atom is -0.103 e. The summed E-state index contributed by atoms with van der Waals surface area (Å²) in [6.07, 6.45) is 11.4. The van der Waals surface area contributed by atoms with Gasteiger partial charge < -0.3 is 0 Å². The molecule has 1 heteroatoms. The summed E-state index contributed by atoms with van der Waals surface area (Å²) in [4.78, 5) is 0. The first-order valence-corrected chi connectivity index (χ1v) is 6.60. The van der Waals surface area contributed by atoms with Crippen molar-refractivity contribution in [3.8, 4) is 0 Å². The Bertz CT molecular complexity index is 110. The number of halogens is 1. The lowest BCUT2D eigenvalue weighted by atomic mass is 9.98. The molecule has 0 rings (SSSR count). The fourth-order valence-electron chi connectivity index (χ4n) is 1.53. The van der Waals surface area contributed by atoms with Crippen LogP contribution in [0.15, 0.2) is 12.7 Å². The van der Waals surface area contributed by atoms with Gasteiger partial charge in [0.25, 0.3) is 0 Å². The Kier molecular flexibility index (Phi) is 10.5. The predicted molar refractivity (Wildman–Crippen MR) is 65.5 cm³/mol. The van der Waals surface area contributed by atoms with Gasteiger partial charge in [-0.15, -0.1) is 6.58 Å². The zero-order valence-electron chi connectivity index (χ0n) is 8.90. The third-order valence-electron chi connectivity index (χ3n) is 2.44. The Labute approximate surface area is 91.9 Å². The molecule has 0 aromatic rings. The van der Waals surface area contributed by atoms with Crippen LogP contribution in [0.4, 0.5) is 0 Å². The molecule has 0 aromatic carbocycles. The maximum absolute atomic E-state index is 3.73. The lowest BCUT2D eigenvalue weighted by Gasteiger charge is -2.09. The van der Waals surface area contributed by atoms with Gasteiger partial charge in [0.2, 0.25) is 0 Å². The zero-order chi connectivity index (χ0) is 9.94. The Morgan fingerprint density at radius 3 is 2.46 bits per heavy atom. The highest BCUT2D eigenvalue weighted by atomic mass is 79.9. The standard InChI is InChI=1S/C12H23Br/c1-3-4-5-6-7-9-12(2)10-8-11-13/h3,12H,1,4-11H2,2H3/t12-/m0/s1. The fourth-order valence-corrected chi connectivity index (χ4v) is 1.85. The molecule has 0 spiro atoms. The summed E-state index contributed by atoms with van der Waals surface area (Å²) in [7, 11) is 0. The van der Waals surface area contributed by atoms with E-state index in [4.69, 9.17) is 0 Å². The van der Waals surface area contributed by atoms with E-state index in [2.05, 4.69) is 29.4 Å². The minimum absolute atomic E-state index is 0.918. The second kappa shape index (κ2) is 10.3. The van der Waals surface area contributed by atoms with Gasteiger partial charge in [0.1, 0.15) is 0 Å². The normalized spacial score (nSPS) is 12.8. The predicted octanol–water partition coefficient (Wildman–Crippen LogP) is 4.93. The zero-order valence-corrected chi connectivity index (χ0v) is 10.5. The molecule has 0 heterocycles. The van der Waals surface area contributed by atoms with Crippen molar-refractivity contribution >= 4 is 15.9 Å². The van der Waals surface area contributed by atoms with Gasteiger partial charge in [0, 0.05) is 5.33 Å². The smallest absolute Gasteiger partial charge is 0.00314 e. The van der Waals surface area contributed by atoms with Crippen LogP contribution in [0.1, 0.15) is 51.9 Å². The number of hydrogen-bond acceptors (Lipinski definition) is 0. The summed E-state index contributed by atoms with van der Waals surface area (Å²) in [6, 6.07) is 0. The van der Waals surface area contributed by atoms with Crippen molar-refractivity contribution in [2.24, 2.45) is 5.92 Å². The number of hydrogen-bond donors (Lipinski definition) is 0. The van der Waals surface area contributed by atoms with E-state index < -0.39 is 0 Å². The van der Waals surface area contributed by atoms with Crippen LogP contribution in [0.25, 0.3) is 0 Å². The van der Waals surface area contributed by atoms with Crippen molar-refractivity contribution in [1.29, 1.82) is 0 Å². The Hall–Kier alpha value is 0.220. The molecule has 13 heavy (non-hydrogen) atoms. The van der Waals surface area contributed by atoms with Crippen LogP contribution in [0.3, 0.4) is 0 Å². The number of rotatable bonds is 9. The summed E-state index contributed by atoms with van der Waals surface area (Å²) < 4.78 is 0. The Morgan fingerprint density at radius 2 is 1.85 bits per heavy atom. The van der Waals surface area contributed by atoms with E-state index in [1.165, 1.54) is 44.9 Å². The van der Waals surface area contributed by atoms with Crippen LogP contribution < -0.4 is 0 Å². The van der Waals surface area contributed by atoms with E-state index in [1.807, 2.05) is 6.08 Å². The summed E-state index contributed by atoms with van der Waals surface area (Å²) in [5, 5.41) is 1.16. The minimum atomic E-state index is 0.918. The van der Waals surface area contributed by atoms with Crippen LogP contribution in [0.2, 0.25) is 0 Å². The van der Waals surface area contributed by atoms with Crippen molar-refractivity contribution in [1.82, 2.24) is 0 Å². The van der Waals surface area contributed by atoms with Gasteiger partial charge in [-0.2, -0.15) is 0 Å². The molecule has 0 aliphatic rings. The molecule has 78 valence electrons. The number of unbranched alkanes of at least 4 members (excludes halogenated alkanes) is 3. The summed E-state index contributed by atoms with van der Waals surface area (Å²) >= 11 is 3.47. The SMILES string of the molecule is C=CCCCCC[C@H](C)CCCBr. The molecule has 0 nitrogen and oxygen atoms in total. The second-order valence-electron chi connectivity index (χ2n) is 3.86. The molecule has 0 amide bonds. The van der Waals surface area contributed by atoms with Crippen molar-refractivity contribution in [3.63, 3.8) is 0 Å². The van der Waals surface area contributed by atoms with E-state index in [0.717, 1.165) is 11.2 Å². The van der Waals surface area contributed by atoms with Gasteiger partial charge in [0.15, 0.2) is 0 Å². The molecule has 1 atom stereocenters. The van der Waals surface area contributed by atoms with Gasteiger partial charge in [-0.1, -0.05) is 48.2 Å². The molecule has 0 unspecified atom stereocenters. The van der Waals surface area contributed by atoms with Crippen LogP contribution in [-0.4, -0.2) is 5.33 Å². The first-order valence-electron chi connectivity index (χ1n) is 5.48. The molecule has 0 aromatic heterocycles. The van der Waals surface area contributed by atoms with Gasteiger partial charge in [-0.3, -0.25) is 0 Å². The highest BCUT2D eigenvalue weighted by molar-refractivity contribution is 9.09. The van der Waals surface area contributed by atoms with E-state index in [1.54, 1.807) is 0 Å². The summed E-state index contributed by atoms with van der Waals surface area (Å²) in [6.45, 7) is 6.10. The molecular weight excluding hydrogens is 224 g/mol.